The zero-order valence-corrected chi connectivity index (χ0v) is 7.29. The van der Waals surface area contributed by atoms with Gasteiger partial charge in [-0.25, -0.2) is 4.39 Å². The lowest BCUT2D eigenvalue weighted by Gasteiger charge is -2.29. The molecule has 1 amide bonds. The molecule has 0 unspecified atom stereocenters. The molecule has 12 heavy (non-hydrogen) atoms. The molecule has 0 saturated carbocycles. The third kappa shape index (κ3) is 2.17. The van der Waals surface area contributed by atoms with Crippen LogP contribution in [0.5, 0.6) is 0 Å². The normalized spacial score (nSPS) is 22.4. The standard InChI is InChI=1S/C8H15FN2O/c1-6(10)8(12)11-4-2-7(9)3-5-11/h6-7H,2-5,10H2,1H3/t6-/m0/s1. The van der Waals surface area contributed by atoms with E-state index in [1.54, 1.807) is 11.8 Å². The second-order valence-electron chi connectivity index (χ2n) is 3.29. The molecular formula is C8H15FN2O. The second kappa shape index (κ2) is 3.85. The van der Waals surface area contributed by atoms with Crippen molar-refractivity contribution in [2.45, 2.75) is 32.0 Å². The summed E-state index contributed by atoms with van der Waals surface area (Å²) < 4.78 is 12.7. The highest BCUT2D eigenvalue weighted by atomic mass is 19.1. The number of piperidine rings is 1. The Morgan fingerprint density at radius 2 is 2.08 bits per heavy atom. The monoisotopic (exact) mass is 174 g/mol. The average molecular weight is 174 g/mol. The fourth-order valence-corrected chi connectivity index (χ4v) is 1.36. The van der Waals surface area contributed by atoms with Crippen LogP contribution in [-0.2, 0) is 4.79 Å². The number of nitrogens with zero attached hydrogens (tertiary/aromatic N) is 1. The molecule has 1 aliphatic rings. The van der Waals surface area contributed by atoms with Crippen molar-refractivity contribution in [2.24, 2.45) is 5.73 Å². The van der Waals surface area contributed by atoms with Gasteiger partial charge in [0.2, 0.25) is 5.91 Å². The van der Waals surface area contributed by atoms with Gasteiger partial charge in [-0.05, 0) is 19.8 Å². The van der Waals surface area contributed by atoms with Gasteiger partial charge in [-0.2, -0.15) is 0 Å². The van der Waals surface area contributed by atoms with Gasteiger partial charge in [-0.3, -0.25) is 4.79 Å². The summed E-state index contributed by atoms with van der Waals surface area (Å²) in [6.45, 7) is 2.69. The maximum absolute atomic E-state index is 12.7. The van der Waals surface area contributed by atoms with Crippen molar-refractivity contribution in [1.29, 1.82) is 0 Å². The first-order valence-corrected chi connectivity index (χ1v) is 4.29. The van der Waals surface area contributed by atoms with Crippen LogP contribution in [0.4, 0.5) is 4.39 Å². The minimum absolute atomic E-state index is 0.0677. The predicted octanol–water partition coefficient (Wildman–Crippen LogP) is 0.294. The minimum Gasteiger partial charge on any atom is -0.341 e. The first-order chi connectivity index (χ1) is 5.61. The molecule has 4 heteroatoms. The van der Waals surface area contributed by atoms with Crippen LogP contribution in [0.3, 0.4) is 0 Å². The Bertz CT molecular complexity index is 164. The summed E-state index contributed by atoms with van der Waals surface area (Å²) in [6, 6.07) is -0.457. The van der Waals surface area contributed by atoms with Crippen molar-refractivity contribution in [2.75, 3.05) is 13.1 Å². The van der Waals surface area contributed by atoms with Crippen molar-refractivity contribution in [1.82, 2.24) is 4.90 Å². The van der Waals surface area contributed by atoms with Gasteiger partial charge in [0.25, 0.3) is 0 Å². The summed E-state index contributed by atoms with van der Waals surface area (Å²) in [4.78, 5) is 12.9. The Labute approximate surface area is 71.7 Å². The number of hydrogen-bond donors (Lipinski definition) is 1. The zero-order valence-electron chi connectivity index (χ0n) is 7.29. The molecule has 3 nitrogen and oxygen atoms in total. The van der Waals surface area contributed by atoms with E-state index in [1.807, 2.05) is 0 Å². The van der Waals surface area contributed by atoms with E-state index in [4.69, 9.17) is 5.73 Å². The lowest BCUT2D eigenvalue weighted by atomic mass is 10.1. The highest BCUT2D eigenvalue weighted by molar-refractivity contribution is 5.81. The summed E-state index contributed by atoms with van der Waals surface area (Å²) in [6.07, 6.45) is 0.179. The number of carbonyl (C=O) groups is 1. The molecule has 0 aromatic heterocycles. The van der Waals surface area contributed by atoms with E-state index in [0.717, 1.165) is 0 Å². The number of carbonyl (C=O) groups excluding carboxylic acids is 1. The lowest BCUT2D eigenvalue weighted by molar-refractivity contribution is -0.133. The third-order valence-corrected chi connectivity index (χ3v) is 2.13. The topological polar surface area (TPSA) is 46.3 Å². The molecule has 1 rings (SSSR count). The summed E-state index contributed by atoms with van der Waals surface area (Å²) >= 11 is 0. The quantitative estimate of drug-likeness (QED) is 0.621. The number of likely N-dealkylation sites (tertiary alicyclic amines) is 1. The van der Waals surface area contributed by atoms with Gasteiger partial charge in [0, 0.05) is 13.1 Å². The molecule has 0 aliphatic carbocycles. The Morgan fingerprint density at radius 1 is 1.58 bits per heavy atom. The van der Waals surface area contributed by atoms with Crippen LogP contribution in [-0.4, -0.2) is 36.1 Å². The van der Waals surface area contributed by atoms with E-state index in [-0.39, 0.29) is 5.91 Å². The van der Waals surface area contributed by atoms with Crippen molar-refractivity contribution < 1.29 is 9.18 Å². The largest absolute Gasteiger partial charge is 0.341 e. The molecule has 1 aliphatic heterocycles. The van der Waals surface area contributed by atoms with E-state index in [2.05, 4.69) is 0 Å². The summed E-state index contributed by atoms with van der Waals surface area (Å²) in [7, 11) is 0. The molecule has 1 fully saturated rings. The van der Waals surface area contributed by atoms with E-state index < -0.39 is 12.2 Å². The maximum Gasteiger partial charge on any atom is 0.239 e. The van der Waals surface area contributed by atoms with Crippen LogP contribution in [0.2, 0.25) is 0 Å². The number of halogens is 1. The Hall–Kier alpha value is -0.640. The molecule has 1 heterocycles. The number of alkyl halides is 1. The smallest absolute Gasteiger partial charge is 0.239 e. The van der Waals surface area contributed by atoms with Crippen LogP contribution >= 0.6 is 0 Å². The van der Waals surface area contributed by atoms with Crippen molar-refractivity contribution in [3.63, 3.8) is 0 Å². The first-order valence-electron chi connectivity index (χ1n) is 4.29. The van der Waals surface area contributed by atoms with Gasteiger partial charge in [-0.1, -0.05) is 0 Å². The minimum atomic E-state index is -0.734. The SMILES string of the molecule is C[C@H](N)C(=O)N1CCC(F)CC1. The molecule has 0 aromatic rings. The molecule has 2 N–H and O–H groups in total. The molecule has 0 aromatic carbocycles. The predicted molar refractivity (Wildman–Crippen MR) is 44.4 cm³/mol. The highest BCUT2D eigenvalue weighted by Crippen LogP contribution is 2.13. The summed E-state index contributed by atoms with van der Waals surface area (Å²) in [5.41, 5.74) is 5.42. The number of amides is 1. The van der Waals surface area contributed by atoms with E-state index >= 15 is 0 Å². The molecule has 1 atom stereocenters. The van der Waals surface area contributed by atoms with E-state index in [1.165, 1.54) is 0 Å². The van der Waals surface area contributed by atoms with Gasteiger partial charge < -0.3 is 10.6 Å². The Morgan fingerprint density at radius 3 is 2.50 bits per heavy atom. The second-order valence-corrected chi connectivity index (χ2v) is 3.29. The zero-order chi connectivity index (χ0) is 9.14. The van der Waals surface area contributed by atoms with Gasteiger partial charge in [-0.15, -0.1) is 0 Å². The molecular weight excluding hydrogens is 159 g/mol. The third-order valence-electron chi connectivity index (χ3n) is 2.13. The van der Waals surface area contributed by atoms with Crippen molar-refractivity contribution in [3.05, 3.63) is 0 Å². The summed E-state index contributed by atoms with van der Waals surface area (Å²) in [5, 5.41) is 0. The fraction of sp³-hybridized carbons (Fsp3) is 0.875. The van der Waals surface area contributed by atoms with Crippen LogP contribution in [0.1, 0.15) is 19.8 Å². The molecule has 0 spiro atoms. The summed E-state index contributed by atoms with van der Waals surface area (Å²) in [5.74, 6) is -0.0677. The Balaban J connectivity index is 2.39. The highest BCUT2D eigenvalue weighted by Gasteiger charge is 2.23. The number of rotatable bonds is 1. The van der Waals surface area contributed by atoms with Gasteiger partial charge in [0.15, 0.2) is 0 Å². The lowest BCUT2D eigenvalue weighted by Crippen LogP contribution is -2.46. The molecule has 0 bridgehead atoms. The molecule has 1 saturated heterocycles. The van der Waals surface area contributed by atoms with Gasteiger partial charge >= 0.3 is 0 Å². The van der Waals surface area contributed by atoms with Crippen molar-refractivity contribution in [3.8, 4) is 0 Å². The molecule has 70 valence electrons. The molecule has 0 radical (unpaired) electrons. The number of hydrogen-bond acceptors (Lipinski definition) is 2. The van der Waals surface area contributed by atoms with Crippen molar-refractivity contribution >= 4 is 5.91 Å². The van der Waals surface area contributed by atoms with Gasteiger partial charge in [0.1, 0.15) is 6.17 Å². The Kier molecular flexibility index (Phi) is 3.03. The van der Waals surface area contributed by atoms with Gasteiger partial charge in [0.05, 0.1) is 6.04 Å². The number of nitrogens with two attached hydrogens (primary N) is 1. The van der Waals surface area contributed by atoms with E-state index in [9.17, 15) is 9.18 Å². The van der Waals surface area contributed by atoms with E-state index in [0.29, 0.717) is 25.9 Å². The fourth-order valence-electron chi connectivity index (χ4n) is 1.36. The first kappa shape index (κ1) is 9.45. The van der Waals surface area contributed by atoms with Crippen LogP contribution in [0, 0.1) is 0 Å². The van der Waals surface area contributed by atoms with Crippen LogP contribution in [0.15, 0.2) is 0 Å². The maximum atomic E-state index is 12.7. The van der Waals surface area contributed by atoms with Crippen LogP contribution < -0.4 is 5.73 Å². The van der Waals surface area contributed by atoms with Crippen LogP contribution in [0.25, 0.3) is 0 Å². The average Bonchev–Trinajstić information content (AvgIpc) is 2.04.